The van der Waals surface area contributed by atoms with Gasteiger partial charge in [-0.2, -0.15) is 12.6 Å². The molecule has 2 saturated carbocycles. The van der Waals surface area contributed by atoms with E-state index >= 15 is 0 Å². The van der Waals surface area contributed by atoms with E-state index in [0.717, 1.165) is 24.9 Å². The summed E-state index contributed by atoms with van der Waals surface area (Å²) in [5.41, 5.74) is 0.577. The first kappa shape index (κ1) is 10.4. The Kier molecular flexibility index (Phi) is 2.74. The molecular weight excluding hydrogens is 206 g/mol. The standard InChI is InChI=1S/C12H21NOS/c15-9-12(4-5-12)8-13-6-7-14-11-3-1-2-10(11)13/h10-11,15H,1-9H2. The van der Waals surface area contributed by atoms with Gasteiger partial charge in [0, 0.05) is 19.1 Å². The SMILES string of the molecule is SCC1(CN2CCOC3CCCC32)CC1. The van der Waals surface area contributed by atoms with Crippen LogP contribution in [0.1, 0.15) is 32.1 Å². The minimum Gasteiger partial charge on any atom is -0.375 e. The van der Waals surface area contributed by atoms with Crippen molar-refractivity contribution in [2.75, 3.05) is 25.4 Å². The molecule has 2 atom stereocenters. The fourth-order valence-electron chi connectivity index (χ4n) is 3.18. The Morgan fingerprint density at radius 3 is 2.93 bits per heavy atom. The molecule has 0 N–H and O–H groups in total. The van der Waals surface area contributed by atoms with Gasteiger partial charge in [-0.25, -0.2) is 0 Å². The molecule has 2 unspecified atom stereocenters. The van der Waals surface area contributed by atoms with Crippen LogP contribution in [0.15, 0.2) is 0 Å². The third kappa shape index (κ3) is 1.94. The molecule has 3 rings (SSSR count). The van der Waals surface area contributed by atoms with Gasteiger partial charge in [-0.05, 0) is 43.3 Å². The van der Waals surface area contributed by atoms with Crippen molar-refractivity contribution in [2.45, 2.75) is 44.2 Å². The summed E-state index contributed by atoms with van der Waals surface area (Å²) in [5, 5.41) is 0. The molecule has 86 valence electrons. The van der Waals surface area contributed by atoms with Gasteiger partial charge in [-0.3, -0.25) is 4.90 Å². The summed E-state index contributed by atoms with van der Waals surface area (Å²) >= 11 is 4.50. The molecule has 0 spiro atoms. The molecule has 0 aromatic carbocycles. The van der Waals surface area contributed by atoms with Gasteiger partial charge in [0.1, 0.15) is 0 Å². The zero-order valence-electron chi connectivity index (χ0n) is 9.32. The van der Waals surface area contributed by atoms with Crippen LogP contribution < -0.4 is 0 Å². The summed E-state index contributed by atoms with van der Waals surface area (Å²) in [6.45, 7) is 3.38. The lowest BCUT2D eigenvalue weighted by atomic mass is 10.1. The van der Waals surface area contributed by atoms with Crippen molar-refractivity contribution in [3.63, 3.8) is 0 Å². The molecule has 3 heteroatoms. The third-order valence-electron chi connectivity index (χ3n) is 4.43. The van der Waals surface area contributed by atoms with E-state index in [1.54, 1.807) is 0 Å². The smallest absolute Gasteiger partial charge is 0.0730 e. The second-order valence-corrected chi connectivity index (χ2v) is 5.85. The van der Waals surface area contributed by atoms with E-state index in [0.29, 0.717) is 11.5 Å². The van der Waals surface area contributed by atoms with E-state index in [-0.39, 0.29) is 0 Å². The lowest BCUT2D eigenvalue weighted by Crippen LogP contribution is -2.50. The first-order valence-electron chi connectivity index (χ1n) is 6.30. The van der Waals surface area contributed by atoms with Crippen molar-refractivity contribution in [1.82, 2.24) is 4.90 Å². The van der Waals surface area contributed by atoms with Crippen LogP contribution >= 0.6 is 12.6 Å². The average Bonchev–Trinajstić information content (AvgIpc) is 2.87. The molecule has 0 amide bonds. The highest BCUT2D eigenvalue weighted by molar-refractivity contribution is 7.80. The molecule has 0 aromatic rings. The summed E-state index contributed by atoms with van der Waals surface area (Å²) in [5.74, 6) is 1.07. The summed E-state index contributed by atoms with van der Waals surface area (Å²) in [6, 6.07) is 0.733. The van der Waals surface area contributed by atoms with E-state index in [9.17, 15) is 0 Å². The molecule has 1 saturated heterocycles. The van der Waals surface area contributed by atoms with Crippen LogP contribution in [0.25, 0.3) is 0 Å². The highest BCUT2D eigenvalue weighted by Crippen LogP contribution is 2.48. The number of fused-ring (bicyclic) bond motifs is 1. The van der Waals surface area contributed by atoms with Crippen molar-refractivity contribution < 1.29 is 4.74 Å². The number of ether oxygens (including phenoxy) is 1. The van der Waals surface area contributed by atoms with Crippen LogP contribution in [0.2, 0.25) is 0 Å². The van der Waals surface area contributed by atoms with Gasteiger partial charge in [-0.15, -0.1) is 0 Å². The maximum Gasteiger partial charge on any atom is 0.0730 e. The van der Waals surface area contributed by atoms with Crippen LogP contribution in [0.3, 0.4) is 0 Å². The van der Waals surface area contributed by atoms with E-state index in [2.05, 4.69) is 17.5 Å². The molecule has 3 aliphatic rings. The van der Waals surface area contributed by atoms with Crippen LogP contribution in [-0.2, 0) is 4.74 Å². The minimum absolute atomic E-state index is 0.550. The van der Waals surface area contributed by atoms with Crippen molar-refractivity contribution in [2.24, 2.45) is 5.41 Å². The number of thiol groups is 1. The molecule has 0 aromatic heterocycles. The lowest BCUT2D eigenvalue weighted by molar-refractivity contribution is -0.0606. The normalized spacial score (nSPS) is 39.0. The molecule has 0 bridgehead atoms. The predicted molar refractivity (Wildman–Crippen MR) is 64.5 cm³/mol. The zero-order chi connectivity index (χ0) is 10.3. The van der Waals surface area contributed by atoms with E-state index in [1.165, 1.54) is 38.6 Å². The second kappa shape index (κ2) is 3.94. The Morgan fingerprint density at radius 1 is 1.33 bits per heavy atom. The molecule has 3 fully saturated rings. The lowest BCUT2D eigenvalue weighted by Gasteiger charge is -2.39. The van der Waals surface area contributed by atoms with Crippen molar-refractivity contribution in [3.8, 4) is 0 Å². The fraction of sp³-hybridized carbons (Fsp3) is 1.00. The summed E-state index contributed by atoms with van der Waals surface area (Å²) < 4.78 is 5.84. The Bertz CT molecular complexity index is 242. The molecule has 1 aliphatic heterocycles. The maximum atomic E-state index is 5.84. The van der Waals surface area contributed by atoms with Crippen molar-refractivity contribution in [3.05, 3.63) is 0 Å². The summed E-state index contributed by atoms with van der Waals surface area (Å²) in [6.07, 6.45) is 7.34. The summed E-state index contributed by atoms with van der Waals surface area (Å²) in [7, 11) is 0. The largest absolute Gasteiger partial charge is 0.375 e. The Balaban J connectivity index is 1.64. The Morgan fingerprint density at radius 2 is 2.20 bits per heavy atom. The zero-order valence-corrected chi connectivity index (χ0v) is 10.2. The molecule has 2 aliphatic carbocycles. The molecule has 15 heavy (non-hydrogen) atoms. The first-order chi connectivity index (χ1) is 7.33. The van der Waals surface area contributed by atoms with Gasteiger partial charge < -0.3 is 4.74 Å². The van der Waals surface area contributed by atoms with E-state index < -0.39 is 0 Å². The maximum absolute atomic E-state index is 5.84. The second-order valence-electron chi connectivity index (χ2n) is 5.54. The van der Waals surface area contributed by atoms with Gasteiger partial charge in [0.15, 0.2) is 0 Å². The topological polar surface area (TPSA) is 12.5 Å². The molecule has 2 nitrogen and oxygen atoms in total. The molecular formula is C12H21NOS. The van der Waals surface area contributed by atoms with Crippen LogP contribution in [0, 0.1) is 5.41 Å². The monoisotopic (exact) mass is 227 g/mol. The number of nitrogens with zero attached hydrogens (tertiary/aromatic N) is 1. The fourth-order valence-corrected chi connectivity index (χ4v) is 3.59. The average molecular weight is 227 g/mol. The van der Waals surface area contributed by atoms with Crippen LogP contribution in [-0.4, -0.2) is 42.5 Å². The first-order valence-corrected chi connectivity index (χ1v) is 6.93. The highest BCUT2D eigenvalue weighted by atomic mass is 32.1. The number of hydrogen-bond acceptors (Lipinski definition) is 3. The Hall–Kier alpha value is 0.270. The van der Waals surface area contributed by atoms with Crippen molar-refractivity contribution in [1.29, 1.82) is 0 Å². The quantitative estimate of drug-likeness (QED) is 0.740. The van der Waals surface area contributed by atoms with Gasteiger partial charge in [0.25, 0.3) is 0 Å². The molecule has 0 radical (unpaired) electrons. The van der Waals surface area contributed by atoms with E-state index in [1.807, 2.05) is 0 Å². The summed E-state index contributed by atoms with van der Waals surface area (Å²) in [4.78, 5) is 2.70. The number of morpholine rings is 1. The predicted octanol–water partition coefficient (Wildman–Crippen LogP) is 1.95. The van der Waals surface area contributed by atoms with Crippen molar-refractivity contribution >= 4 is 12.6 Å². The Labute approximate surface area is 97.8 Å². The van der Waals surface area contributed by atoms with Crippen LogP contribution in [0.4, 0.5) is 0 Å². The minimum atomic E-state index is 0.550. The van der Waals surface area contributed by atoms with E-state index in [4.69, 9.17) is 4.74 Å². The van der Waals surface area contributed by atoms with Gasteiger partial charge >= 0.3 is 0 Å². The number of rotatable bonds is 3. The van der Waals surface area contributed by atoms with Crippen LogP contribution in [0.5, 0.6) is 0 Å². The van der Waals surface area contributed by atoms with Gasteiger partial charge in [-0.1, -0.05) is 0 Å². The van der Waals surface area contributed by atoms with Gasteiger partial charge in [0.05, 0.1) is 12.7 Å². The van der Waals surface area contributed by atoms with Gasteiger partial charge in [0.2, 0.25) is 0 Å². The third-order valence-corrected chi connectivity index (χ3v) is 5.10. The molecule has 1 heterocycles. The number of hydrogen-bond donors (Lipinski definition) is 1. The highest BCUT2D eigenvalue weighted by Gasteiger charge is 2.46.